The summed E-state index contributed by atoms with van der Waals surface area (Å²) in [6.45, 7) is 5.33. The Labute approximate surface area is 144 Å². The van der Waals surface area contributed by atoms with Gasteiger partial charge in [-0.05, 0) is 24.3 Å². The lowest BCUT2D eigenvalue weighted by Crippen LogP contribution is -2.44. The second-order valence-corrected chi connectivity index (χ2v) is 7.17. The highest BCUT2D eigenvalue weighted by atomic mass is 32.1. The Hall–Kier alpha value is -2.15. The molecule has 0 unspecified atom stereocenters. The van der Waals surface area contributed by atoms with E-state index in [0.29, 0.717) is 11.6 Å². The first-order valence-corrected chi connectivity index (χ1v) is 9.16. The van der Waals surface area contributed by atoms with Gasteiger partial charge in [0.15, 0.2) is 0 Å². The Morgan fingerprint density at radius 3 is 2.79 bits per heavy atom. The number of rotatable bonds is 4. The van der Waals surface area contributed by atoms with Crippen LogP contribution in [0.15, 0.2) is 27.7 Å². The minimum absolute atomic E-state index is 0.0369. The molecule has 3 rings (SSSR count). The summed E-state index contributed by atoms with van der Waals surface area (Å²) in [6.07, 6.45) is 1.70. The lowest BCUT2D eigenvalue weighted by Gasteiger charge is -2.33. The second-order valence-electron chi connectivity index (χ2n) is 6.39. The van der Waals surface area contributed by atoms with Crippen LogP contribution < -0.4 is 10.9 Å². The number of H-pyrrole nitrogens is 1. The number of hydrogen-bond donors (Lipinski definition) is 2. The predicted molar refractivity (Wildman–Crippen MR) is 96.2 cm³/mol. The Kier molecular flexibility index (Phi) is 4.99. The maximum Gasteiger partial charge on any atom is 0.252 e. The standard InChI is InChI=1S/C17H22N4O2S/c1-11(2)16(23)21-6-3-13(4-7-21)18-17-19-14(9-15(22)20-17)12-5-8-24-10-12/h5,8-11,13H,3-4,6-7H2,1-2H3,(H2,18,19,20,22). The molecule has 1 aliphatic heterocycles. The summed E-state index contributed by atoms with van der Waals surface area (Å²) in [6, 6.07) is 3.67. The van der Waals surface area contributed by atoms with Crippen molar-refractivity contribution in [2.24, 2.45) is 5.92 Å². The number of anilines is 1. The molecule has 1 amide bonds. The van der Waals surface area contributed by atoms with E-state index in [9.17, 15) is 9.59 Å². The first-order chi connectivity index (χ1) is 11.5. The predicted octanol–water partition coefficient (Wildman–Crippen LogP) is 2.56. The minimum Gasteiger partial charge on any atom is -0.353 e. The third-order valence-corrected chi connectivity index (χ3v) is 4.88. The molecule has 2 aromatic rings. The summed E-state index contributed by atoms with van der Waals surface area (Å²) in [7, 11) is 0. The molecule has 1 fully saturated rings. The summed E-state index contributed by atoms with van der Waals surface area (Å²) in [5, 5.41) is 7.25. The van der Waals surface area contributed by atoms with Crippen molar-refractivity contribution in [1.29, 1.82) is 0 Å². The topological polar surface area (TPSA) is 78.1 Å². The van der Waals surface area contributed by atoms with Gasteiger partial charge < -0.3 is 10.2 Å². The number of nitrogens with zero attached hydrogens (tertiary/aromatic N) is 2. The van der Waals surface area contributed by atoms with Gasteiger partial charge in [0, 0.05) is 42.1 Å². The molecule has 1 saturated heterocycles. The third-order valence-electron chi connectivity index (χ3n) is 4.20. The molecule has 3 heterocycles. The van der Waals surface area contributed by atoms with Crippen molar-refractivity contribution in [2.75, 3.05) is 18.4 Å². The van der Waals surface area contributed by atoms with E-state index >= 15 is 0 Å². The first-order valence-electron chi connectivity index (χ1n) is 8.22. The van der Waals surface area contributed by atoms with Gasteiger partial charge in [-0.2, -0.15) is 11.3 Å². The zero-order chi connectivity index (χ0) is 17.1. The van der Waals surface area contributed by atoms with Gasteiger partial charge in [-0.15, -0.1) is 0 Å². The Balaban J connectivity index is 1.65. The minimum atomic E-state index is -0.166. The molecule has 0 radical (unpaired) electrons. The lowest BCUT2D eigenvalue weighted by atomic mass is 10.0. The van der Waals surface area contributed by atoms with E-state index in [4.69, 9.17) is 0 Å². The number of piperidine rings is 1. The normalized spacial score (nSPS) is 15.7. The summed E-state index contributed by atoms with van der Waals surface area (Å²) in [5.41, 5.74) is 1.46. The number of amides is 1. The molecule has 0 atom stereocenters. The van der Waals surface area contributed by atoms with Crippen LogP contribution in [0.25, 0.3) is 11.3 Å². The number of thiophene rings is 1. The number of aromatic nitrogens is 2. The van der Waals surface area contributed by atoms with Crippen molar-refractivity contribution in [3.63, 3.8) is 0 Å². The van der Waals surface area contributed by atoms with Gasteiger partial charge in [-0.1, -0.05) is 13.8 Å². The molecule has 7 heteroatoms. The molecule has 2 N–H and O–H groups in total. The Morgan fingerprint density at radius 1 is 1.42 bits per heavy atom. The van der Waals surface area contributed by atoms with Crippen LogP contribution in [0.1, 0.15) is 26.7 Å². The van der Waals surface area contributed by atoms with Crippen molar-refractivity contribution in [2.45, 2.75) is 32.7 Å². The van der Waals surface area contributed by atoms with Crippen LogP contribution in [0, 0.1) is 5.92 Å². The number of carbonyl (C=O) groups is 1. The number of carbonyl (C=O) groups excluding carboxylic acids is 1. The Morgan fingerprint density at radius 2 is 2.17 bits per heavy atom. The van der Waals surface area contributed by atoms with Crippen molar-refractivity contribution in [3.8, 4) is 11.3 Å². The van der Waals surface area contributed by atoms with E-state index in [1.54, 1.807) is 11.3 Å². The van der Waals surface area contributed by atoms with E-state index < -0.39 is 0 Å². The van der Waals surface area contributed by atoms with Crippen LogP contribution in [0.2, 0.25) is 0 Å². The van der Waals surface area contributed by atoms with Gasteiger partial charge in [0.25, 0.3) is 5.56 Å². The largest absolute Gasteiger partial charge is 0.353 e. The van der Waals surface area contributed by atoms with E-state index in [1.165, 1.54) is 6.07 Å². The molecular formula is C17H22N4O2S. The summed E-state index contributed by atoms with van der Waals surface area (Å²) in [5.74, 6) is 0.742. The highest BCUT2D eigenvalue weighted by Crippen LogP contribution is 2.20. The molecular weight excluding hydrogens is 324 g/mol. The molecule has 0 saturated carbocycles. The molecule has 6 nitrogen and oxygen atoms in total. The number of likely N-dealkylation sites (tertiary alicyclic amines) is 1. The maximum atomic E-state index is 12.0. The third kappa shape index (κ3) is 3.84. The fourth-order valence-electron chi connectivity index (χ4n) is 2.89. The van der Waals surface area contributed by atoms with Gasteiger partial charge >= 0.3 is 0 Å². The molecule has 0 aliphatic carbocycles. The van der Waals surface area contributed by atoms with E-state index in [-0.39, 0.29) is 23.4 Å². The number of hydrogen-bond acceptors (Lipinski definition) is 5. The highest BCUT2D eigenvalue weighted by Gasteiger charge is 2.24. The lowest BCUT2D eigenvalue weighted by molar-refractivity contribution is -0.135. The zero-order valence-electron chi connectivity index (χ0n) is 13.9. The second kappa shape index (κ2) is 7.17. The van der Waals surface area contributed by atoms with Gasteiger partial charge in [0.2, 0.25) is 11.9 Å². The van der Waals surface area contributed by atoms with Gasteiger partial charge in [0.1, 0.15) is 0 Å². The average Bonchev–Trinajstić information content (AvgIpc) is 3.09. The van der Waals surface area contributed by atoms with Crippen LogP contribution in [0.4, 0.5) is 5.95 Å². The molecule has 0 spiro atoms. The average molecular weight is 346 g/mol. The summed E-state index contributed by atoms with van der Waals surface area (Å²) in [4.78, 5) is 33.1. The monoisotopic (exact) mass is 346 g/mol. The molecule has 0 bridgehead atoms. The highest BCUT2D eigenvalue weighted by molar-refractivity contribution is 7.08. The zero-order valence-corrected chi connectivity index (χ0v) is 14.7. The Bertz CT molecular complexity index is 746. The number of aromatic amines is 1. The smallest absolute Gasteiger partial charge is 0.252 e. The molecule has 128 valence electrons. The molecule has 24 heavy (non-hydrogen) atoms. The van der Waals surface area contributed by atoms with Crippen LogP contribution in [-0.4, -0.2) is 39.9 Å². The molecule has 0 aromatic carbocycles. The van der Waals surface area contributed by atoms with Crippen molar-refractivity contribution in [1.82, 2.24) is 14.9 Å². The fraction of sp³-hybridized carbons (Fsp3) is 0.471. The molecule has 1 aliphatic rings. The van der Waals surface area contributed by atoms with Gasteiger partial charge in [-0.3, -0.25) is 14.6 Å². The van der Waals surface area contributed by atoms with Crippen LogP contribution in [0.5, 0.6) is 0 Å². The first kappa shape index (κ1) is 16.7. The van der Waals surface area contributed by atoms with Crippen molar-refractivity contribution in [3.05, 3.63) is 33.2 Å². The van der Waals surface area contributed by atoms with Crippen LogP contribution >= 0.6 is 11.3 Å². The molecule has 2 aromatic heterocycles. The quantitative estimate of drug-likeness (QED) is 0.892. The van der Waals surface area contributed by atoms with Gasteiger partial charge in [-0.25, -0.2) is 4.98 Å². The van der Waals surface area contributed by atoms with Crippen molar-refractivity contribution >= 4 is 23.2 Å². The van der Waals surface area contributed by atoms with Gasteiger partial charge in [0.05, 0.1) is 5.69 Å². The van der Waals surface area contributed by atoms with Crippen LogP contribution in [-0.2, 0) is 4.79 Å². The van der Waals surface area contributed by atoms with E-state index in [2.05, 4.69) is 15.3 Å². The number of nitrogens with one attached hydrogen (secondary N) is 2. The maximum absolute atomic E-state index is 12.0. The van der Waals surface area contributed by atoms with Crippen molar-refractivity contribution < 1.29 is 4.79 Å². The van der Waals surface area contributed by atoms with Crippen LogP contribution in [0.3, 0.4) is 0 Å². The van der Waals surface area contributed by atoms with E-state index in [1.807, 2.05) is 35.6 Å². The SMILES string of the molecule is CC(C)C(=O)N1CCC(Nc2nc(-c3ccsc3)cc(=O)[nH]2)CC1. The fourth-order valence-corrected chi connectivity index (χ4v) is 3.54. The summed E-state index contributed by atoms with van der Waals surface area (Å²) < 4.78 is 0. The van der Waals surface area contributed by atoms with E-state index in [0.717, 1.165) is 31.5 Å². The summed E-state index contributed by atoms with van der Waals surface area (Å²) >= 11 is 1.58.